The fourth-order valence-corrected chi connectivity index (χ4v) is 1.76. The number of hydroxylamine groups is 1. The molecule has 6 nitrogen and oxygen atoms in total. The van der Waals surface area contributed by atoms with E-state index in [1.165, 1.54) is 10.6 Å². The molecule has 100 valence electrons. The predicted octanol–water partition coefficient (Wildman–Crippen LogP) is 1.25. The van der Waals surface area contributed by atoms with E-state index in [4.69, 9.17) is 4.84 Å². The van der Waals surface area contributed by atoms with Gasteiger partial charge in [-0.25, -0.2) is 9.87 Å². The Kier molecular flexibility index (Phi) is 2.90. The zero-order chi connectivity index (χ0) is 13.4. The lowest BCUT2D eigenvalue weighted by Crippen LogP contribution is -2.25. The maximum Gasteiger partial charge on any atom is 0.276 e. The quantitative estimate of drug-likeness (QED) is 0.844. The Hall–Kier alpha value is -2.02. The van der Waals surface area contributed by atoms with Crippen molar-refractivity contribution in [1.29, 1.82) is 0 Å². The third-order valence-electron chi connectivity index (χ3n) is 3.07. The molecular weight excluding hydrogens is 251 g/mol. The van der Waals surface area contributed by atoms with E-state index in [0.29, 0.717) is 18.3 Å². The standard InChI is InChI=1S/C12H13FN4O2/c1-7-14-15-11-10(13)4-9(5-17(7)11)12(18)16-19-6-8-2-3-8/h4-5,8H,2-3,6H2,1H3,(H,16,18). The summed E-state index contributed by atoms with van der Waals surface area (Å²) in [6, 6.07) is 1.12. The molecular formula is C12H13FN4O2. The number of hydrogen-bond donors (Lipinski definition) is 1. The molecule has 0 radical (unpaired) electrons. The normalized spacial score (nSPS) is 14.8. The molecule has 0 aromatic carbocycles. The highest BCUT2D eigenvalue weighted by Gasteiger charge is 2.22. The van der Waals surface area contributed by atoms with Crippen LogP contribution in [0.3, 0.4) is 0 Å². The monoisotopic (exact) mass is 264 g/mol. The number of nitrogens with zero attached hydrogens (tertiary/aromatic N) is 3. The number of pyridine rings is 1. The number of fused-ring (bicyclic) bond motifs is 1. The second kappa shape index (κ2) is 4.58. The summed E-state index contributed by atoms with van der Waals surface area (Å²) in [5.74, 6) is -0.00736. The fraction of sp³-hybridized carbons (Fsp3) is 0.417. The maximum atomic E-state index is 13.7. The van der Waals surface area contributed by atoms with Gasteiger partial charge in [-0.1, -0.05) is 0 Å². The van der Waals surface area contributed by atoms with E-state index >= 15 is 0 Å². The van der Waals surface area contributed by atoms with E-state index in [1.807, 2.05) is 0 Å². The van der Waals surface area contributed by atoms with Crippen molar-refractivity contribution in [3.05, 3.63) is 29.5 Å². The van der Waals surface area contributed by atoms with Gasteiger partial charge in [-0.05, 0) is 31.7 Å². The molecule has 0 spiro atoms. The van der Waals surface area contributed by atoms with E-state index in [1.54, 1.807) is 6.92 Å². The van der Waals surface area contributed by atoms with Gasteiger partial charge in [0.1, 0.15) is 5.82 Å². The van der Waals surface area contributed by atoms with Crippen LogP contribution in [0.1, 0.15) is 29.0 Å². The van der Waals surface area contributed by atoms with Crippen LogP contribution in [-0.2, 0) is 4.84 Å². The molecule has 0 bridgehead atoms. The molecule has 19 heavy (non-hydrogen) atoms. The van der Waals surface area contributed by atoms with E-state index in [9.17, 15) is 9.18 Å². The summed E-state index contributed by atoms with van der Waals surface area (Å²) in [5, 5.41) is 7.45. The van der Waals surface area contributed by atoms with Crippen molar-refractivity contribution in [3.63, 3.8) is 0 Å². The van der Waals surface area contributed by atoms with Crippen LogP contribution >= 0.6 is 0 Å². The van der Waals surface area contributed by atoms with E-state index < -0.39 is 11.7 Å². The average Bonchev–Trinajstić information content (AvgIpc) is 3.13. The van der Waals surface area contributed by atoms with Crippen LogP contribution in [0.4, 0.5) is 4.39 Å². The second-order valence-electron chi connectivity index (χ2n) is 4.70. The van der Waals surface area contributed by atoms with Crippen molar-refractivity contribution in [2.45, 2.75) is 19.8 Å². The number of hydrogen-bond acceptors (Lipinski definition) is 4. The Morgan fingerprint density at radius 1 is 1.58 bits per heavy atom. The van der Waals surface area contributed by atoms with Crippen LogP contribution in [-0.4, -0.2) is 27.1 Å². The number of rotatable bonds is 4. The van der Waals surface area contributed by atoms with Gasteiger partial charge in [-0.2, -0.15) is 0 Å². The molecule has 1 aliphatic carbocycles. The number of halogens is 1. The summed E-state index contributed by atoms with van der Waals surface area (Å²) in [6.07, 6.45) is 3.76. The second-order valence-corrected chi connectivity index (χ2v) is 4.70. The minimum absolute atomic E-state index is 0.105. The third kappa shape index (κ3) is 2.41. The molecule has 1 aliphatic rings. The molecule has 0 saturated heterocycles. The third-order valence-corrected chi connectivity index (χ3v) is 3.07. The van der Waals surface area contributed by atoms with Gasteiger partial charge < -0.3 is 0 Å². The minimum atomic E-state index is -0.588. The van der Waals surface area contributed by atoms with E-state index in [-0.39, 0.29) is 11.2 Å². The van der Waals surface area contributed by atoms with Crippen LogP contribution < -0.4 is 5.48 Å². The number of nitrogens with one attached hydrogen (secondary N) is 1. The highest BCUT2D eigenvalue weighted by Crippen LogP contribution is 2.28. The Bertz CT molecular complexity index is 636. The Morgan fingerprint density at radius 2 is 2.37 bits per heavy atom. The van der Waals surface area contributed by atoms with Crippen LogP contribution in [0.25, 0.3) is 5.65 Å². The lowest BCUT2D eigenvalue weighted by Gasteiger charge is -2.06. The zero-order valence-electron chi connectivity index (χ0n) is 10.4. The van der Waals surface area contributed by atoms with Gasteiger partial charge in [-0.15, -0.1) is 10.2 Å². The van der Waals surface area contributed by atoms with Crippen LogP contribution in [0.15, 0.2) is 12.3 Å². The van der Waals surface area contributed by atoms with Gasteiger partial charge in [-0.3, -0.25) is 14.0 Å². The van der Waals surface area contributed by atoms with Crippen molar-refractivity contribution in [3.8, 4) is 0 Å². The van der Waals surface area contributed by atoms with Crippen molar-refractivity contribution >= 4 is 11.6 Å². The van der Waals surface area contributed by atoms with Crippen LogP contribution in [0.2, 0.25) is 0 Å². The van der Waals surface area contributed by atoms with Gasteiger partial charge in [0.25, 0.3) is 5.91 Å². The molecule has 1 amide bonds. The molecule has 3 rings (SSSR count). The lowest BCUT2D eigenvalue weighted by atomic mass is 10.2. The fourth-order valence-electron chi connectivity index (χ4n) is 1.76. The Labute approximate surface area is 108 Å². The topological polar surface area (TPSA) is 68.5 Å². The predicted molar refractivity (Wildman–Crippen MR) is 63.8 cm³/mol. The maximum absolute atomic E-state index is 13.7. The molecule has 0 aliphatic heterocycles. The number of carbonyl (C=O) groups excluding carboxylic acids is 1. The summed E-state index contributed by atoms with van der Waals surface area (Å²) < 4.78 is 15.2. The smallest absolute Gasteiger partial charge is 0.276 e. The van der Waals surface area contributed by atoms with Gasteiger partial charge in [0.15, 0.2) is 11.5 Å². The summed E-state index contributed by atoms with van der Waals surface area (Å²) >= 11 is 0. The summed E-state index contributed by atoms with van der Waals surface area (Å²) in [4.78, 5) is 16.9. The molecule has 2 aromatic heterocycles. The van der Waals surface area contributed by atoms with Gasteiger partial charge in [0.2, 0.25) is 0 Å². The van der Waals surface area contributed by atoms with Crippen molar-refractivity contribution in [2.24, 2.45) is 5.92 Å². The van der Waals surface area contributed by atoms with Gasteiger partial charge in [0.05, 0.1) is 12.2 Å². The Morgan fingerprint density at radius 3 is 3.11 bits per heavy atom. The summed E-state index contributed by atoms with van der Waals surface area (Å²) in [7, 11) is 0. The first-order valence-electron chi connectivity index (χ1n) is 6.08. The largest absolute Gasteiger partial charge is 0.283 e. The molecule has 2 aromatic rings. The average molecular weight is 264 g/mol. The SMILES string of the molecule is Cc1nnc2c(F)cc(C(=O)NOCC3CC3)cn12. The number of aryl methyl sites for hydroxylation is 1. The van der Waals surface area contributed by atoms with Crippen molar-refractivity contribution < 1.29 is 14.0 Å². The molecule has 1 saturated carbocycles. The first-order valence-corrected chi connectivity index (χ1v) is 6.08. The number of amides is 1. The van der Waals surface area contributed by atoms with Gasteiger partial charge in [0, 0.05) is 6.20 Å². The van der Waals surface area contributed by atoms with E-state index in [0.717, 1.165) is 18.9 Å². The lowest BCUT2D eigenvalue weighted by molar-refractivity contribution is 0.0269. The molecule has 2 heterocycles. The first-order chi connectivity index (χ1) is 9.15. The summed E-state index contributed by atoms with van der Waals surface area (Å²) in [6.45, 7) is 2.19. The zero-order valence-corrected chi connectivity index (χ0v) is 10.4. The van der Waals surface area contributed by atoms with E-state index in [2.05, 4.69) is 15.7 Å². The first kappa shape index (κ1) is 12.0. The van der Waals surface area contributed by atoms with Crippen LogP contribution in [0.5, 0.6) is 0 Å². The molecule has 0 atom stereocenters. The molecule has 0 unspecified atom stereocenters. The van der Waals surface area contributed by atoms with Gasteiger partial charge >= 0.3 is 0 Å². The molecule has 7 heteroatoms. The van der Waals surface area contributed by atoms with Crippen molar-refractivity contribution in [1.82, 2.24) is 20.1 Å². The van der Waals surface area contributed by atoms with Crippen LogP contribution in [0, 0.1) is 18.7 Å². The molecule has 1 N–H and O–H groups in total. The summed E-state index contributed by atoms with van der Waals surface area (Å²) in [5.41, 5.74) is 2.59. The Balaban J connectivity index is 1.78. The highest BCUT2D eigenvalue weighted by molar-refractivity contribution is 5.93. The highest BCUT2D eigenvalue weighted by atomic mass is 19.1. The number of carbonyl (C=O) groups is 1. The number of aromatic nitrogens is 3. The van der Waals surface area contributed by atoms with Crippen molar-refractivity contribution in [2.75, 3.05) is 6.61 Å². The minimum Gasteiger partial charge on any atom is -0.283 e. The molecule has 1 fully saturated rings.